The summed E-state index contributed by atoms with van der Waals surface area (Å²) in [5.41, 5.74) is 3.42. The zero-order valence-corrected chi connectivity index (χ0v) is 13.4. The molecule has 4 nitrogen and oxygen atoms in total. The first-order chi connectivity index (χ1) is 11.2. The van der Waals surface area contributed by atoms with Crippen LogP contribution in [0.2, 0.25) is 0 Å². The summed E-state index contributed by atoms with van der Waals surface area (Å²) in [4.78, 5) is 27.5. The van der Waals surface area contributed by atoms with Crippen LogP contribution in [0, 0.1) is 0 Å². The van der Waals surface area contributed by atoms with Crippen molar-refractivity contribution in [2.45, 2.75) is 31.6 Å². The molecule has 0 spiro atoms. The molecule has 1 aromatic heterocycles. The minimum absolute atomic E-state index is 0.0550. The quantitative estimate of drug-likeness (QED) is 0.919. The molecular weight excluding hydrogens is 310 g/mol. The molecule has 2 aliphatic rings. The number of hydrogen-bond acceptors (Lipinski definition) is 3. The van der Waals surface area contributed by atoms with Gasteiger partial charge >= 0.3 is 5.97 Å². The Kier molecular flexibility index (Phi) is 3.45. The Bertz CT molecular complexity index is 795. The summed E-state index contributed by atoms with van der Waals surface area (Å²) in [7, 11) is 0. The van der Waals surface area contributed by atoms with Gasteiger partial charge in [-0.3, -0.25) is 9.59 Å². The molecule has 1 aliphatic heterocycles. The molecule has 1 aliphatic carbocycles. The van der Waals surface area contributed by atoms with E-state index in [2.05, 4.69) is 0 Å². The molecule has 2 heterocycles. The lowest BCUT2D eigenvalue weighted by atomic mass is 9.95. The number of rotatable bonds is 2. The van der Waals surface area contributed by atoms with Crippen molar-refractivity contribution < 1.29 is 14.7 Å². The summed E-state index contributed by atoms with van der Waals surface area (Å²) in [5.74, 6) is -1.56. The molecule has 1 atom stereocenters. The van der Waals surface area contributed by atoms with Gasteiger partial charge in [0.2, 0.25) is 0 Å². The fourth-order valence-electron chi connectivity index (χ4n) is 3.63. The van der Waals surface area contributed by atoms with Crippen molar-refractivity contribution in [2.75, 3.05) is 11.4 Å². The van der Waals surface area contributed by atoms with Crippen molar-refractivity contribution in [3.63, 3.8) is 0 Å². The van der Waals surface area contributed by atoms with Crippen molar-refractivity contribution in [3.05, 3.63) is 51.2 Å². The van der Waals surface area contributed by atoms with Gasteiger partial charge < -0.3 is 10.0 Å². The van der Waals surface area contributed by atoms with Crippen LogP contribution < -0.4 is 4.90 Å². The number of carboxylic acid groups (broad SMARTS) is 1. The highest BCUT2D eigenvalue weighted by Crippen LogP contribution is 2.39. The zero-order chi connectivity index (χ0) is 16.0. The highest BCUT2D eigenvalue weighted by atomic mass is 32.1. The molecule has 0 saturated carbocycles. The average molecular weight is 327 g/mol. The third kappa shape index (κ3) is 2.27. The maximum atomic E-state index is 13.1. The second-order valence-electron chi connectivity index (χ2n) is 6.12. The molecule has 4 rings (SSSR count). The molecular formula is C18H17NO3S. The number of carbonyl (C=O) groups excluding carboxylic acids is 1. The Hall–Kier alpha value is -2.14. The monoisotopic (exact) mass is 327 g/mol. The number of thiophene rings is 1. The molecule has 1 amide bonds. The van der Waals surface area contributed by atoms with Crippen molar-refractivity contribution in [1.82, 2.24) is 0 Å². The average Bonchev–Trinajstić information content (AvgIpc) is 3.16. The maximum Gasteiger partial charge on any atom is 0.312 e. The molecule has 118 valence electrons. The second-order valence-corrected chi connectivity index (χ2v) is 7.09. The van der Waals surface area contributed by atoms with Gasteiger partial charge in [0, 0.05) is 22.5 Å². The van der Waals surface area contributed by atoms with Crippen molar-refractivity contribution >= 4 is 28.9 Å². The minimum Gasteiger partial charge on any atom is -0.481 e. The van der Waals surface area contributed by atoms with Crippen LogP contribution in [-0.2, 0) is 17.6 Å². The summed E-state index contributed by atoms with van der Waals surface area (Å²) in [6.45, 7) is 0.220. The van der Waals surface area contributed by atoms with Gasteiger partial charge in [-0.05, 0) is 42.9 Å². The van der Waals surface area contributed by atoms with Crippen LogP contribution in [0.15, 0.2) is 29.6 Å². The number of amides is 1. The number of benzene rings is 1. The van der Waals surface area contributed by atoms with Crippen LogP contribution in [-0.4, -0.2) is 23.5 Å². The van der Waals surface area contributed by atoms with E-state index in [1.54, 1.807) is 16.2 Å². The Labute approximate surface area is 138 Å². The molecule has 1 aromatic carbocycles. The van der Waals surface area contributed by atoms with E-state index in [4.69, 9.17) is 0 Å². The number of aliphatic carboxylic acids is 1. The molecule has 0 bridgehead atoms. The first-order valence-electron chi connectivity index (χ1n) is 7.89. The molecule has 1 unspecified atom stereocenters. The normalized spacial score (nSPS) is 19.3. The number of para-hydroxylation sites is 1. The van der Waals surface area contributed by atoms with E-state index in [1.165, 1.54) is 16.9 Å². The minimum atomic E-state index is -0.875. The summed E-state index contributed by atoms with van der Waals surface area (Å²) in [6, 6.07) is 7.33. The predicted octanol–water partition coefficient (Wildman–Crippen LogP) is 3.46. The third-order valence-corrected chi connectivity index (χ3v) is 5.89. The molecule has 2 aromatic rings. The van der Waals surface area contributed by atoms with E-state index in [0.29, 0.717) is 0 Å². The number of fused-ring (bicyclic) bond motifs is 2. The molecule has 0 saturated heterocycles. The fraction of sp³-hybridized carbons (Fsp3) is 0.333. The van der Waals surface area contributed by atoms with Gasteiger partial charge in [0.1, 0.15) is 5.92 Å². The predicted molar refractivity (Wildman–Crippen MR) is 89.5 cm³/mol. The number of anilines is 1. The number of aryl methyl sites for hydroxylation is 1. The highest BCUT2D eigenvalue weighted by Gasteiger charge is 2.37. The van der Waals surface area contributed by atoms with Crippen LogP contribution in [0.1, 0.15) is 45.1 Å². The van der Waals surface area contributed by atoms with E-state index in [0.717, 1.165) is 36.1 Å². The van der Waals surface area contributed by atoms with Gasteiger partial charge in [0.25, 0.3) is 5.91 Å². The van der Waals surface area contributed by atoms with Gasteiger partial charge in [0.05, 0.1) is 5.56 Å². The van der Waals surface area contributed by atoms with Gasteiger partial charge in [-0.1, -0.05) is 18.2 Å². The van der Waals surface area contributed by atoms with E-state index >= 15 is 0 Å². The van der Waals surface area contributed by atoms with E-state index < -0.39 is 11.9 Å². The molecule has 1 N–H and O–H groups in total. The van der Waals surface area contributed by atoms with Crippen LogP contribution in [0.25, 0.3) is 0 Å². The van der Waals surface area contributed by atoms with Crippen LogP contribution in [0.3, 0.4) is 0 Å². The lowest BCUT2D eigenvalue weighted by Crippen LogP contribution is -2.31. The van der Waals surface area contributed by atoms with Gasteiger partial charge in [0.15, 0.2) is 0 Å². The molecule has 23 heavy (non-hydrogen) atoms. The van der Waals surface area contributed by atoms with Crippen molar-refractivity contribution in [1.29, 1.82) is 0 Å². The fourth-order valence-corrected chi connectivity index (χ4v) is 4.75. The smallest absolute Gasteiger partial charge is 0.312 e. The zero-order valence-electron chi connectivity index (χ0n) is 12.6. The number of nitrogens with zero attached hydrogens (tertiary/aromatic N) is 1. The van der Waals surface area contributed by atoms with E-state index in [-0.39, 0.29) is 12.5 Å². The Morgan fingerprint density at radius 2 is 1.96 bits per heavy atom. The standard InChI is InChI=1S/C18H17NO3S/c20-17(14-10-23-16-8-4-2-6-12(14)16)19-9-13(18(21)22)11-5-1-3-7-15(11)19/h1,3,5,7,10,13H,2,4,6,8-9H2,(H,21,22). The van der Waals surface area contributed by atoms with Crippen LogP contribution in [0.5, 0.6) is 0 Å². The van der Waals surface area contributed by atoms with Crippen LogP contribution in [0.4, 0.5) is 5.69 Å². The van der Waals surface area contributed by atoms with Gasteiger partial charge in [-0.15, -0.1) is 11.3 Å². The molecule has 0 radical (unpaired) electrons. The SMILES string of the molecule is O=C(O)C1CN(C(=O)c2csc3c2CCCC3)c2ccccc21. The maximum absolute atomic E-state index is 13.1. The van der Waals surface area contributed by atoms with Crippen molar-refractivity contribution in [2.24, 2.45) is 0 Å². The van der Waals surface area contributed by atoms with Gasteiger partial charge in [-0.25, -0.2) is 0 Å². The topological polar surface area (TPSA) is 57.6 Å². The first kappa shape index (κ1) is 14.5. The Morgan fingerprint density at radius 3 is 2.78 bits per heavy atom. The van der Waals surface area contributed by atoms with Gasteiger partial charge in [-0.2, -0.15) is 0 Å². The number of carbonyl (C=O) groups is 2. The Balaban J connectivity index is 1.72. The number of hydrogen-bond donors (Lipinski definition) is 1. The Morgan fingerprint density at radius 1 is 1.17 bits per heavy atom. The summed E-state index contributed by atoms with van der Waals surface area (Å²) in [6.07, 6.45) is 4.33. The summed E-state index contributed by atoms with van der Waals surface area (Å²) >= 11 is 1.66. The lowest BCUT2D eigenvalue weighted by molar-refractivity contribution is -0.138. The third-order valence-electron chi connectivity index (χ3n) is 4.80. The first-order valence-corrected chi connectivity index (χ1v) is 8.77. The highest BCUT2D eigenvalue weighted by molar-refractivity contribution is 7.10. The summed E-state index contributed by atoms with van der Waals surface area (Å²) < 4.78 is 0. The molecule has 5 heteroatoms. The van der Waals surface area contributed by atoms with E-state index in [9.17, 15) is 14.7 Å². The van der Waals surface area contributed by atoms with E-state index in [1.807, 2.05) is 29.6 Å². The lowest BCUT2D eigenvalue weighted by Gasteiger charge is -2.19. The largest absolute Gasteiger partial charge is 0.481 e. The molecule has 0 fully saturated rings. The van der Waals surface area contributed by atoms with Crippen molar-refractivity contribution in [3.8, 4) is 0 Å². The summed E-state index contributed by atoms with van der Waals surface area (Å²) in [5, 5.41) is 11.4. The second kappa shape index (κ2) is 5.49. The number of carboxylic acids is 1. The van der Waals surface area contributed by atoms with Crippen LogP contribution >= 0.6 is 11.3 Å².